The van der Waals surface area contributed by atoms with Crippen molar-refractivity contribution in [1.82, 2.24) is 9.80 Å². The van der Waals surface area contributed by atoms with Crippen molar-refractivity contribution in [2.45, 2.75) is 44.4 Å². The lowest BCUT2D eigenvalue weighted by Gasteiger charge is -2.39. The Morgan fingerprint density at radius 1 is 1.13 bits per heavy atom. The molecular weight excluding hydrogens is 521 g/mol. The number of piperidine rings is 1. The van der Waals surface area contributed by atoms with Crippen molar-refractivity contribution in [3.63, 3.8) is 0 Å². The van der Waals surface area contributed by atoms with E-state index >= 15 is 0 Å². The number of likely N-dealkylation sites (tertiary alicyclic amines) is 1. The molecule has 6 nitrogen and oxygen atoms in total. The van der Waals surface area contributed by atoms with E-state index in [2.05, 4.69) is 6.92 Å². The average molecular weight is 555 g/mol. The predicted molar refractivity (Wildman–Crippen MR) is 139 cm³/mol. The lowest BCUT2D eigenvalue weighted by atomic mass is 9.82. The van der Waals surface area contributed by atoms with Gasteiger partial charge in [-0.3, -0.25) is 9.59 Å². The standard InChI is InChI=1S/C28H34ClF3N2O4/c1-19(8-7-17-38-22-11-12-23(24(29)18-22)25(35)33(2)3)20-13-15-34(16-14-20)26(36)27(37,28(30,31)32)21-9-5-4-6-10-21/h4-6,9-12,18-20,37H,7-8,13-17H2,1-3H3/t19-,27-/m1/s1. The topological polar surface area (TPSA) is 70.1 Å². The molecule has 208 valence electrons. The number of hydrogen-bond acceptors (Lipinski definition) is 4. The number of benzene rings is 2. The molecule has 0 bridgehead atoms. The van der Waals surface area contributed by atoms with Crippen LogP contribution in [0.15, 0.2) is 48.5 Å². The van der Waals surface area contributed by atoms with E-state index in [1.165, 1.54) is 23.1 Å². The minimum absolute atomic E-state index is 0.159. The number of ether oxygens (including phenoxy) is 1. The normalized spacial score (nSPS) is 17.0. The molecule has 38 heavy (non-hydrogen) atoms. The van der Waals surface area contributed by atoms with Crippen LogP contribution in [0.4, 0.5) is 13.2 Å². The summed E-state index contributed by atoms with van der Waals surface area (Å²) < 4.78 is 47.4. The van der Waals surface area contributed by atoms with Gasteiger partial charge in [-0.1, -0.05) is 48.9 Å². The smallest absolute Gasteiger partial charge is 0.430 e. The van der Waals surface area contributed by atoms with E-state index in [9.17, 15) is 27.9 Å². The molecule has 0 aromatic heterocycles. The molecule has 1 aliphatic rings. The quantitative estimate of drug-likeness (QED) is 0.414. The summed E-state index contributed by atoms with van der Waals surface area (Å²) in [5, 5.41) is 10.9. The van der Waals surface area contributed by atoms with Crippen molar-refractivity contribution >= 4 is 23.4 Å². The molecule has 1 aliphatic heterocycles. The van der Waals surface area contributed by atoms with E-state index < -0.39 is 23.2 Å². The Kier molecular flexibility index (Phi) is 9.70. The Bertz CT molecular complexity index is 1110. The van der Waals surface area contributed by atoms with Gasteiger partial charge in [0.2, 0.25) is 0 Å². The molecule has 1 heterocycles. The molecule has 0 saturated carbocycles. The van der Waals surface area contributed by atoms with E-state index in [-0.39, 0.29) is 30.8 Å². The van der Waals surface area contributed by atoms with Gasteiger partial charge >= 0.3 is 6.18 Å². The van der Waals surface area contributed by atoms with E-state index in [4.69, 9.17) is 16.3 Å². The van der Waals surface area contributed by atoms with Gasteiger partial charge in [0.1, 0.15) is 5.75 Å². The third kappa shape index (κ3) is 6.61. The number of carbonyl (C=O) groups excluding carboxylic acids is 2. The fraction of sp³-hybridized carbons (Fsp3) is 0.500. The molecule has 2 aromatic rings. The van der Waals surface area contributed by atoms with E-state index in [0.717, 1.165) is 29.9 Å². The molecule has 2 aromatic carbocycles. The number of alkyl halides is 3. The van der Waals surface area contributed by atoms with Gasteiger partial charge in [0, 0.05) is 32.7 Å². The first kappa shape index (κ1) is 29.8. The summed E-state index contributed by atoms with van der Waals surface area (Å²) in [7, 11) is 3.30. The summed E-state index contributed by atoms with van der Waals surface area (Å²) in [6.45, 7) is 2.86. The van der Waals surface area contributed by atoms with Crippen molar-refractivity contribution < 1.29 is 32.6 Å². The van der Waals surface area contributed by atoms with E-state index in [1.807, 2.05) is 0 Å². The Balaban J connectivity index is 1.48. The van der Waals surface area contributed by atoms with Gasteiger partial charge in [-0.2, -0.15) is 13.2 Å². The molecule has 1 saturated heterocycles. The van der Waals surface area contributed by atoms with Crippen LogP contribution in [0.2, 0.25) is 5.02 Å². The highest BCUT2D eigenvalue weighted by Gasteiger charge is 2.62. The van der Waals surface area contributed by atoms with Crippen LogP contribution in [0.5, 0.6) is 5.75 Å². The van der Waals surface area contributed by atoms with Crippen molar-refractivity contribution in [2.24, 2.45) is 11.8 Å². The average Bonchev–Trinajstić information content (AvgIpc) is 2.89. The second-order valence-corrected chi connectivity index (χ2v) is 10.4. The van der Waals surface area contributed by atoms with Crippen molar-refractivity contribution in [3.8, 4) is 5.75 Å². The fourth-order valence-electron chi connectivity index (χ4n) is 4.82. The zero-order chi connectivity index (χ0) is 28.1. The molecule has 3 rings (SSSR count). The second-order valence-electron chi connectivity index (χ2n) is 10.0. The number of rotatable bonds is 9. The Labute approximate surface area is 226 Å². The lowest BCUT2D eigenvalue weighted by molar-refractivity contribution is -0.262. The van der Waals surface area contributed by atoms with Gasteiger partial charge in [-0.25, -0.2) is 0 Å². The van der Waals surface area contributed by atoms with Crippen LogP contribution in [0, 0.1) is 11.8 Å². The van der Waals surface area contributed by atoms with Crippen molar-refractivity contribution in [1.29, 1.82) is 0 Å². The largest absolute Gasteiger partial charge is 0.494 e. The third-order valence-corrected chi connectivity index (χ3v) is 7.51. The molecule has 1 N–H and O–H groups in total. The van der Waals surface area contributed by atoms with Crippen LogP contribution < -0.4 is 4.74 Å². The van der Waals surface area contributed by atoms with Crippen LogP contribution in [0.25, 0.3) is 0 Å². The van der Waals surface area contributed by atoms with Crippen molar-refractivity contribution in [2.75, 3.05) is 33.8 Å². The van der Waals surface area contributed by atoms with Crippen LogP contribution in [-0.2, 0) is 10.4 Å². The number of halogens is 4. The Morgan fingerprint density at radius 2 is 1.76 bits per heavy atom. The first-order valence-electron chi connectivity index (χ1n) is 12.6. The number of aliphatic hydroxyl groups is 1. The molecule has 0 radical (unpaired) electrons. The maximum atomic E-state index is 13.9. The summed E-state index contributed by atoms with van der Waals surface area (Å²) in [5.41, 5.74) is -3.64. The molecule has 2 amide bonds. The molecular formula is C28H34ClF3N2O4. The first-order valence-corrected chi connectivity index (χ1v) is 13.0. The Hall–Kier alpha value is -2.78. The second kappa shape index (κ2) is 12.4. The van der Waals surface area contributed by atoms with Gasteiger partial charge < -0.3 is 19.6 Å². The molecule has 0 aliphatic carbocycles. The molecule has 10 heteroatoms. The summed E-state index contributed by atoms with van der Waals surface area (Å²) in [6, 6.07) is 11.5. The van der Waals surface area contributed by atoms with E-state index in [0.29, 0.717) is 35.8 Å². The number of hydrogen-bond donors (Lipinski definition) is 1. The molecule has 2 atom stereocenters. The molecule has 0 unspecified atom stereocenters. The maximum Gasteiger partial charge on any atom is 0.430 e. The maximum absolute atomic E-state index is 13.9. The number of nitrogens with zero attached hydrogens (tertiary/aromatic N) is 2. The highest BCUT2D eigenvalue weighted by atomic mass is 35.5. The fourth-order valence-corrected chi connectivity index (χ4v) is 5.07. The molecule has 1 fully saturated rings. The SMILES string of the molecule is C[C@H](CCCOc1ccc(C(=O)N(C)C)c(Cl)c1)C1CCN(C(=O)[C@](O)(c2ccccc2)C(F)(F)F)CC1. The van der Waals surface area contributed by atoms with Crippen LogP contribution >= 0.6 is 11.6 Å². The minimum atomic E-state index is -5.14. The van der Waals surface area contributed by atoms with Gasteiger partial charge in [0.15, 0.2) is 0 Å². The highest BCUT2D eigenvalue weighted by molar-refractivity contribution is 6.34. The number of carbonyl (C=O) groups is 2. The van der Waals surface area contributed by atoms with E-state index in [1.54, 1.807) is 32.3 Å². The monoisotopic (exact) mass is 554 g/mol. The van der Waals surface area contributed by atoms with Crippen molar-refractivity contribution in [3.05, 3.63) is 64.7 Å². The van der Waals surface area contributed by atoms with Gasteiger partial charge in [0.25, 0.3) is 17.4 Å². The first-order chi connectivity index (χ1) is 17.9. The van der Waals surface area contributed by atoms with Crippen LogP contribution in [0.1, 0.15) is 48.5 Å². The summed E-state index contributed by atoms with van der Waals surface area (Å²) in [4.78, 5) is 27.6. The summed E-state index contributed by atoms with van der Waals surface area (Å²) in [6.07, 6.45) is -2.40. The minimum Gasteiger partial charge on any atom is -0.494 e. The van der Waals surface area contributed by atoms with Crippen LogP contribution in [-0.4, -0.2) is 66.7 Å². The zero-order valence-electron chi connectivity index (χ0n) is 21.8. The predicted octanol–water partition coefficient (Wildman–Crippen LogP) is 5.53. The van der Waals surface area contributed by atoms with Crippen LogP contribution in [0.3, 0.4) is 0 Å². The van der Waals surface area contributed by atoms with Gasteiger partial charge in [0.05, 0.1) is 17.2 Å². The Morgan fingerprint density at radius 3 is 2.32 bits per heavy atom. The molecule has 0 spiro atoms. The summed E-state index contributed by atoms with van der Waals surface area (Å²) in [5.74, 6) is -0.407. The number of amides is 2. The third-order valence-electron chi connectivity index (χ3n) is 7.19. The summed E-state index contributed by atoms with van der Waals surface area (Å²) >= 11 is 6.22. The highest BCUT2D eigenvalue weighted by Crippen LogP contribution is 2.41. The van der Waals surface area contributed by atoms with Gasteiger partial charge in [-0.15, -0.1) is 0 Å². The lowest BCUT2D eigenvalue weighted by Crippen LogP contribution is -2.57. The zero-order valence-corrected chi connectivity index (χ0v) is 22.6. The van der Waals surface area contributed by atoms with Gasteiger partial charge in [-0.05, 0) is 55.7 Å².